The third kappa shape index (κ3) is 3.58. The Hall–Kier alpha value is -3.12. The van der Waals surface area contributed by atoms with Crippen molar-refractivity contribution in [3.05, 3.63) is 70.5 Å². The normalized spacial score (nSPS) is 16.4. The number of hydrogen-bond donors (Lipinski definition) is 2. The Morgan fingerprint density at radius 3 is 2.75 bits per heavy atom. The largest absolute Gasteiger partial charge is 0.370 e. The highest BCUT2D eigenvalue weighted by atomic mass is 16.1. The second-order valence-corrected chi connectivity index (χ2v) is 9.35. The average molecular weight is 428 g/mol. The van der Waals surface area contributed by atoms with Gasteiger partial charge in [-0.25, -0.2) is 0 Å². The molecule has 1 saturated heterocycles. The smallest absolute Gasteiger partial charge is 0.260 e. The van der Waals surface area contributed by atoms with Crippen LogP contribution in [0.4, 0.5) is 5.69 Å². The summed E-state index contributed by atoms with van der Waals surface area (Å²) in [6, 6.07) is 10.7. The summed E-state index contributed by atoms with van der Waals surface area (Å²) in [5, 5.41) is 6.48. The van der Waals surface area contributed by atoms with Crippen molar-refractivity contribution in [2.45, 2.75) is 38.8 Å². The van der Waals surface area contributed by atoms with Gasteiger partial charge in [0.05, 0.1) is 23.8 Å². The van der Waals surface area contributed by atoms with Gasteiger partial charge >= 0.3 is 0 Å². The number of nitrogens with zero attached hydrogens (tertiary/aromatic N) is 3. The van der Waals surface area contributed by atoms with Gasteiger partial charge in [0.25, 0.3) is 5.56 Å². The molecule has 1 aromatic carbocycles. The molecular formula is C26H29N5O. The summed E-state index contributed by atoms with van der Waals surface area (Å²) >= 11 is 0. The van der Waals surface area contributed by atoms with Crippen molar-refractivity contribution < 1.29 is 0 Å². The van der Waals surface area contributed by atoms with Crippen molar-refractivity contribution in [1.82, 2.24) is 19.9 Å². The second kappa shape index (κ2) is 8.10. The van der Waals surface area contributed by atoms with E-state index < -0.39 is 0 Å². The van der Waals surface area contributed by atoms with Gasteiger partial charge in [0.15, 0.2) is 0 Å². The van der Waals surface area contributed by atoms with Gasteiger partial charge < -0.3 is 19.8 Å². The van der Waals surface area contributed by atoms with Crippen LogP contribution in [0.5, 0.6) is 0 Å². The molecule has 6 rings (SSSR count). The molecule has 32 heavy (non-hydrogen) atoms. The number of benzene rings is 1. The zero-order valence-electron chi connectivity index (χ0n) is 18.3. The van der Waals surface area contributed by atoms with Gasteiger partial charge in [-0.3, -0.25) is 9.78 Å². The first kappa shape index (κ1) is 19.6. The molecule has 0 radical (unpaired) electrons. The van der Waals surface area contributed by atoms with E-state index in [1.165, 1.54) is 36.8 Å². The monoisotopic (exact) mass is 427 g/mol. The van der Waals surface area contributed by atoms with Crippen LogP contribution in [-0.4, -0.2) is 34.2 Å². The molecule has 0 unspecified atom stereocenters. The highest BCUT2D eigenvalue weighted by Gasteiger charge is 2.19. The van der Waals surface area contributed by atoms with Crippen LogP contribution in [0.1, 0.15) is 36.9 Å². The van der Waals surface area contributed by atoms with E-state index in [0.717, 1.165) is 54.3 Å². The van der Waals surface area contributed by atoms with E-state index in [4.69, 9.17) is 0 Å². The first-order valence-electron chi connectivity index (χ1n) is 11.8. The first-order chi connectivity index (χ1) is 15.7. The van der Waals surface area contributed by atoms with E-state index in [-0.39, 0.29) is 5.56 Å². The topological polar surface area (TPSA) is 66.0 Å². The molecule has 4 heterocycles. The average Bonchev–Trinajstić information content (AvgIpc) is 3.13. The van der Waals surface area contributed by atoms with Gasteiger partial charge in [0.2, 0.25) is 0 Å². The highest BCUT2D eigenvalue weighted by Crippen LogP contribution is 2.27. The lowest BCUT2D eigenvalue weighted by Crippen LogP contribution is -2.37. The van der Waals surface area contributed by atoms with Crippen molar-refractivity contribution in [2.75, 3.05) is 24.5 Å². The van der Waals surface area contributed by atoms with Crippen molar-refractivity contribution in [3.8, 4) is 0 Å². The quantitative estimate of drug-likeness (QED) is 0.467. The lowest BCUT2D eigenvalue weighted by molar-refractivity contribution is 0.301. The van der Waals surface area contributed by atoms with Crippen LogP contribution in [0.3, 0.4) is 0 Å². The van der Waals surface area contributed by atoms with Crippen LogP contribution in [0, 0.1) is 5.92 Å². The van der Waals surface area contributed by atoms with Crippen molar-refractivity contribution >= 4 is 27.4 Å². The molecule has 2 N–H and O–H groups in total. The number of anilines is 1. The Morgan fingerprint density at radius 2 is 1.97 bits per heavy atom. The van der Waals surface area contributed by atoms with Gasteiger partial charge in [-0.2, -0.15) is 0 Å². The minimum absolute atomic E-state index is 0.0184. The number of aromatic nitrogens is 3. The van der Waals surface area contributed by atoms with E-state index in [1.807, 2.05) is 12.4 Å². The number of fused-ring (bicyclic) bond motifs is 2. The molecule has 6 heteroatoms. The fourth-order valence-electron chi connectivity index (χ4n) is 4.86. The molecule has 0 atom stereocenters. The third-order valence-corrected chi connectivity index (χ3v) is 7.14. The van der Waals surface area contributed by atoms with E-state index in [0.29, 0.717) is 11.9 Å². The summed E-state index contributed by atoms with van der Waals surface area (Å²) in [6.07, 6.45) is 10.8. The highest BCUT2D eigenvalue weighted by molar-refractivity contribution is 5.93. The Morgan fingerprint density at radius 1 is 1.06 bits per heavy atom. The fourth-order valence-corrected chi connectivity index (χ4v) is 4.86. The van der Waals surface area contributed by atoms with Gasteiger partial charge in [-0.15, -0.1) is 0 Å². The predicted molar refractivity (Wildman–Crippen MR) is 129 cm³/mol. The fraction of sp³-hybridized carbons (Fsp3) is 0.385. The van der Waals surface area contributed by atoms with Crippen LogP contribution in [0.25, 0.3) is 21.7 Å². The molecule has 0 spiro atoms. The Balaban J connectivity index is 1.22. The molecule has 0 bridgehead atoms. The Kier molecular flexibility index (Phi) is 4.95. The standard InChI is InChI=1S/C26H29N5O/c32-26-23-15-28-16-25(30-8-2-9-30)22(23)7-10-31(26)17-19-5-6-20-12-21(29-24(20)11-19)14-27-13-18-3-1-4-18/h5-7,10-12,15-16,18,27,29H,1-4,8-9,13-14,17H2. The molecule has 2 aliphatic rings. The number of hydrogen-bond acceptors (Lipinski definition) is 4. The van der Waals surface area contributed by atoms with Crippen molar-refractivity contribution in [2.24, 2.45) is 5.92 Å². The second-order valence-electron chi connectivity index (χ2n) is 9.35. The minimum Gasteiger partial charge on any atom is -0.370 e. The third-order valence-electron chi connectivity index (χ3n) is 7.14. The van der Waals surface area contributed by atoms with Crippen molar-refractivity contribution in [1.29, 1.82) is 0 Å². The van der Waals surface area contributed by atoms with E-state index in [9.17, 15) is 4.79 Å². The van der Waals surface area contributed by atoms with E-state index in [1.54, 1.807) is 10.8 Å². The lowest BCUT2D eigenvalue weighted by Gasteiger charge is -2.33. The van der Waals surface area contributed by atoms with Gasteiger partial charge in [0.1, 0.15) is 0 Å². The maximum Gasteiger partial charge on any atom is 0.260 e. The van der Waals surface area contributed by atoms with E-state index in [2.05, 4.69) is 50.5 Å². The minimum atomic E-state index is 0.0184. The predicted octanol–water partition coefficient (Wildman–Crippen LogP) is 4.03. The molecule has 4 aromatic rings. The molecule has 6 nitrogen and oxygen atoms in total. The molecule has 3 aromatic heterocycles. The molecule has 1 aliphatic heterocycles. The van der Waals surface area contributed by atoms with Crippen molar-refractivity contribution in [3.63, 3.8) is 0 Å². The van der Waals surface area contributed by atoms with Crippen LogP contribution in [-0.2, 0) is 13.1 Å². The summed E-state index contributed by atoms with van der Waals surface area (Å²) in [5.74, 6) is 0.864. The van der Waals surface area contributed by atoms with Gasteiger partial charge in [0, 0.05) is 48.6 Å². The molecule has 1 saturated carbocycles. The Bertz CT molecular complexity index is 1330. The molecule has 1 aliphatic carbocycles. The summed E-state index contributed by atoms with van der Waals surface area (Å²) in [6.45, 7) is 4.61. The zero-order valence-corrected chi connectivity index (χ0v) is 18.3. The molecule has 2 fully saturated rings. The maximum atomic E-state index is 13.2. The molecule has 164 valence electrons. The van der Waals surface area contributed by atoms with Gasteiger partial charge in [-0.1, -0.05) is 18.6 Å². The Labute approximate surface area is 187 Å². The number of aromatic amines is 1. The summed E-state index contributed by atoms with van der Waals surface area (Å²) < 4.78 is 1.79. The maximum absolute atomic E-state index is 13.2. The first-order valence-corrected chi connectivity index (χ1v) is 11.8. The summed E-state index contributed by atoms with van der Waals surface area (Å²) in [4.78, 5) is 23.4. The number of rotatable bonds is 7. The SMILES string of the molecule is O=c1c2cncc(N3CCC3)c2ccn1Cc1ccc2cc(CNCC3CCC3)[nH]c2c1. The zero-order chi connectivity index (χ0) is 21.5. The van der Waals surface area contributed by atoms with Gasteiger partial charge in [-0.05, 0) is 60.9 Å². The summed E-state index contributed by atoms with van der Waals surface area (Å²) in [5.41, 5.74) is 4.54. The molecule has 0 amide bonds. The van der Waals surface area contributed by atoms with Crippen LogP contribution >= 0.6 is 0 Å². The lowest BCUT2D eigenvalue weighted by atomic mass is 9.85. The van der Waals surface area contributed by atoms with Crippen LogP contribution in [0.2, 0.25) is 0 Å². The number of pyridine rings is 2. The molecular weight excluding hydrogens is 398 g/mol. The summed E-state index contributed by atoms with van der Waals surface area (Å²) in [7, 11) is 0. The number of nitrogens with one attached hydrogen (secondary N) is 2. The number of H-pyrrole nitrogens is 1. The van der Waals surface area contributed by atoms with E-state index >= 15 is 0 Å². The van der Waals surface area contributed by atoms with Crippen LogP contribution < -0.4 is 15.8 Å². The van der Waals surface area contributed by atoms with Crippen LogP contribution in [0.15, 0.2) is 53.7 Å².